The maximum atomic E-state index is 11.2. The van der Waals surface area contributed by atoms with E-state index >= 15 is 0 Å². The minimum Gasteiger partial charge on any atom is -0.341 e. The molecule has 0 aromatic rings. The smallest absolute Gasteiger partial charge is 0.236 e. The molecule has 2 N–H and O–H groups in total. The van der Waals surface area contributed by atoms with Gasteiger partial charge in [-0.1, -0.05) is 41.5 Å². The molecule has 1 fully saturated rings. The minimum atomic E-state index is 0.0763. The second-order valence-corrected chi connectivity index (χ2v) is 6.10. The first-order chi connectivity index (χ1) is 7.20. The summed E-state index contributed by atoms with van der Waals surface area (Å²) in [7, 11) is 0. The lowest BCUT2D eigenvalue weighted by atomic mass is 9.84. The van der Waals surface area contributed by atoms with Gasteiger partial charge in [-0.2, -0.15) is 0 Å². The predicted octanol–water partition coefficient (Wildman–Crippen LogP) is 2.11. The summed E-state index contributed by atoms with van der Waals surface area (Å²) in [5, 5.41) is 0. The van der Waals surface area contributed by atoms with Gasteiger partial charge in [-0.05, 0) is 17.3 Å². The van der Waals surface area contributed by atoms with E-state index in [1.165, 1.54) is 0 Å². The fourth-order valence-electron chi connectivity index (χ4n) is 1.61. The third-order valence-electron chi connectivity index (χ3n) is 2.95. The lowest BCUT2D eigenvalue weighted by Crippen LogP contribution is -2.35. The van der Waals surface area contributed by atoms with Gasteiger partial charge in [-0.15, -0.1) is 0 Å². The first kappa shape index (κ1) is 15.4. The van der Waals surface area contributed by atoms with Crippen LogP contribution in [0, 0.1) is 17.3 Å². The highest BCUT2D eigenvalue weighted by Crippen LogP contribution is 2.34. The number of nitrogens with zero attached hydrogens (tertiary/aromatic N) is 1. The summed E-state index contributed by atoms with van der Waals surface area (Å²) in [6.07, 6.45) is 0. The number of hydrogen-bond acceptors (Lipinski definition) is 2. The van der Waals surface area contributed by atoms with Gasteiger partial charge in [0.2, 0.25) is 5.91 Å². The zero-order chi connectivity index (χ0) is 12.9. The van der Waals surface area contributed by atoms with Gasteiger partial charge >= 0.3 is 0 Å². The van der Waals surface area contributed by atoms with E-state index in [1.807, 2.05) is 4.90 Å². The van der Waals surface area contributed by atoms with E-state index in [4.69, 9.17) is 5.73 Å². The molecular formula is C13H28N2O. The van der Waals surface area contributed by atoms with Gasteiger partial charge in [0, 0.05) is 13.1 Å². The molecule has 0 spiro atoms. The highest BCUT2D eigenvalue weighted by atomic mass is 16.2. The largest absolute Gasteiger partial charge is 0.341 e. The second-order valence-electron chi connectivity index (χ2n) is 6.10. The molecule has 1 saturated heterocycles. The van der Waals surface area contributed by atoms with Crippen LogP contribution in [0.25, 0.3) is 0 Å². The van der Waals surface area contributed by atoms with Gasteiger partial charge in [-0.25, -0.2) is 0 Å². The number of amides is 1. The maximum Gasteiger partial charge on any atom is 0.236 e. The highest BCUT2D eigenvalue weighted by molar-refractivity contribution is 5.78. The third kappa shape index (κ3) is 4.97. The number of nitrogens with two attached hydrogens (primary N) is 1. The quantitative estimate of drug-likeness (QED) is 0.747. The predicted molar refractivity (Wildman–Crippen MR) is 69.1 cm³/mol. The first-order valence-corrected chi connectivity index (χ1v) is 6.18. The monoisotopic (exact) mass is 228 g/mol. The summed E-state index contributed by atoms with van der Waals surface area (Å²) in [4.78, 5) is 13.1. The Balaban J connectivity index is 0.000000487. The molecule has 1 amide bonds. The van der Waals surface area contributed by atoms with E-state index < -0.39 is 0 Å². The molecule has 0 bridgehead atoms. The lowest BCUT2D eigenvalue weighted by Gasteiger charge is -2.21. The summed E-state index contributed by atoms with van der Waals surface area (Å²) in [5.41, 5.74) is 5.55. The Labute approximate surface area is 100 Å². The van der Waals surface area contributed by atoms with E-state index in [0.29, 0.717) is 5.92 Å². The number of rotatable bonds is 1. The fourth-order valence-corrected chi connectivity index (χ4v) is 1.61. The van der Waals surface area contributed by atoms with Crippen molar-refractivity contribution in [2.24, 2.45) is 23.0 Å². The van der Waals surface area contributed by atoms with Crippen molar-refractivity contribution in [3.8, 4) is 0 Å². The van der Waals surface area contributed by atoms with Gasteiger partial charge < -0.3 is 10.6 Å². The number of hydrogen-bond donors (Lipinski definition) is 1. The zero-order valence-corrected chi connectivity index (χ0v) is 11.7. The molecule has 1 unspecified atom stereocenters. The summed E-state index contributed by atoms with van der Waals surface area (Å²) < 4.78 is 0. The van der Waals surface area contributed by atoms with E-state index in [9.17, 15) is 4.79 Å². The summed E-state index contributed by atoms with van der Waals surface area (Å²) in [6.45, 7) is 14.9. The van der Waals surface area contributed by atoms with Crippen LogP contribution in [-0.4, -0.2) is 30.4 Å². The second kappa shape index (κ2) is 6.24. The molecule has 0 saturated carbocycles. The van der Waals surface area contributed by atoms with E-state index in [-0.39, 0.29) is 17.9 Å². The fraction of sp³-hybridized carbons (Fsp3) is 0.923. The van der Waals surface area contributed by atoms with Crippen LogP contribution >= 0.6 is 0 Å². The van der Waals surface area contributed by atoms with Crippen LogP contribution in [0.2, 0.25) is 0 Å². The summed E-state index contributed by atoms with van der Waals surface area (Å²) in [6, 6.07) is 0. The highest BCUT2D eigenvalue weighted by Gasteiger charge is 2.37. The van der Waals surface area contributed by atoms with Crippen LogP contribution in [0.3, 0.4) is 0 Å². The van der Waals surface area contributed by atoms with Crippen molar-refractivity contribution in [1.82, 2.24) is 4.90 Å². The van der Waals surface area contributed by atoms with Gasteiger partial charge in [0.1, 0.15) is 0 Å². The maximum absolute atomic E-state index is 11.2. The van der Waals surface area contributed by atoms with E-state index in [2.05, 4.69) is 41.5 Å². The Morgan fingerprint density at radius 1 is 1.44 bits per heavy atom. The molecule has 0 aliphatic carbocycles. The Morgan fingerprint density at radius 2 is 1.88 bits per heavy atom. The van der Waals surface area contributed by atoms with Crippen LogP contribution in [0.15, 0.2) is 0 Å². The average Bonchev–Trinajstić information content (AvgIpc) is 2.39. The van der Waals surface area contributed by atoms with Crippen molar-refractivity contribution in [2.75, 3.05) is 19.6 Å². The van der Waals surface area contributed by atoms with Crippen molar-refractivity contribution in [1.29, 1.82) is 0 Å². The molecule has 1 heterocycles. The molecule has 3 nitrogen and oxygen atoms in total. The molecule has 1 aliphatic heterocycles. The topological polar surface area (TPSA) is 46.3 Å². The van der Waals surface area contributed by atoms with Crippen LogP contribution in [0.1, 0.15) is 41.5 Å². The van der Waals surface area contributed by atoms with Gasteiger partial charge in [0.15, 0.2) is 0 Å². The van der Waals surface area contributed by atoms with Crippen LogP contribution in [0.4, 0.5) is 0 Å². The molecule has 16 heavy (non-hydrogen) atoms. The normalized spacial score (nSPS) is 23.0. The summed E-state index contributed by atoms with van der Waals surface area (Å²) >= 11 is 0. The Kier molecular flexibility index (Phi) is 6.01. The number of carbonyl (C=O) groups is 1. The first-order valence-electron chi connectivity index (χ1n) is 6.18. The van der Waals surface area contributed by atoms with Crippen LogP contribution < -0.4 is 5.73 Å². The molecule has 3 heteroatoms. The molecule has 96 valence electrons. The summed E-state index contributed by atoms with van der Waals surface area (Å²) in [5.74, 6) is 1.49. The average molecular weight is 228 g/mol. The van der Waals surface area contributed by atoms with Crippen molar-refractivity contribution >= 4 is 5.91 Å². The molecule has 1 rings (SSSR count). The lowest BCUT2D eigenvalue weighted by molar-refractivity contribution is -0.129. The van der Waals surface area contributed by atoms with Gasteiger partial charge in [0.25, 0.3) is 0 Å². The van der Waals surface area contributed by atoms with Crippen molar-refractivity contribution in [3.05, 3.63) is 0 Å². The molecule has 1 aliphatic rings. The van der Waals surface area contributed by atoms with E-state index in [0.717, 1.165) is 19.0 Å². The van der Waals surface area contributed by atoms with Crippen molar-refractivity contribution < 1.29 is 4.79 Å². The Morgan fingerprint density at radius 3 is 2.12 bits per heavy atom. The standard InChI is InChI=1S/C9H18N2O.C4H10/c1-7-5-11(8(12)4-10)6-9(7,2)3;1-4(2)3/h7H,4-6,10H2,1-3H3;4H,1-3H3. The molecule has 0 aromatic carbocycles. The van der Waals surface area contributed by atoms with Gasteiger partial charge in [0.05, 0.1) is 6.54 Å². The van der Waals surface area contributed by atoms with Gasteiger partial charge in [-0.3, -0.25) is 4.79 Å². The molecule has 0 aromatic heterocycles. The minimum absolute atomic E-state index is 0.0763. The molecule has 0 radical (unpaired) electrons. The Bertz CT molecular complexity index is 221. The van der Waals surface area contributed by atoms with Crippen LogP contribution in [-0.2, 0) is 4.79 Å². The SMILES string of the molecule is CC(C)C.CC1CN(C(=O)CN)CC1(C)C. The van der Waals surface area contributed by atoms with Crippen molar-refractivity contribution in [3.63, 3.8) is 0 Å². The molecular weight excluding hydrogens is 200 g/mol. The number of likely N-dealkylation sites (tertiary alicyclic amines) is 1. The molecule has 1 atom stereocenters. The van der Waals surface area contributed by atoms with E-state index in [1.54, 1.807) is 0 Å². The Hall–Kier alpha value is -0.570. The van der Waals surface area contributed by atoms with Crippen LogP contribution in [0.5, 0.6) is 0 Å². The zero-order valence-electron chi connectivity index (χ0n) is 11.7. The van der Waals surface area contributed by atoms with Crippen molar-refractivity contribution in [2.45, 2.75) is 41.5 Å². The number of carbonyl (C=O) groups excluding carboxylic acids is 1. The third-order valence-corrected chi connectivity index (χ3v) is 2.95.